The number of nitrogens with zero attached hydrogens (tertiary/aromatic N) is 1. The van der Waals surface area contributed by atoms with Crippen LogP contribution in [0.5, 0.6) is 5.75 Å². The predicted molar refractivity (Wildman–Crippen MR) is 119 cm³/mol. The van der Waals surface area contributed by atoms with Crippen LogP contribution in [0.3, 0.4) is 0 Å². The zero-order chi connectivity index (χ0) is 29.9. The van der Waals surface area contributed by atoms with E-state index in [0.29, 0.717) is 0 Å². The van der Waals surface area contributed by atoms with Gasteiger partial charge in [0, 0.05) is 24.0 Å². The number of halogens is 8. The van der Waals surface area contributed by atoms with Gasteiger partial charge in [0.25, 0.3) is 5.09 Å². The van der Waals surface area contributed by atoms with E-state index in [1.54, 1.807) is 0 Å². The summed E-state index contributed by atoms with van der Waals surface area (Å²) in [6.07, 6.45) is -11.3. The van der Waals surface area contributed by atoms with E-state index < -0.39 is 73.4 Å². The molecule has 0 fully saturated rings. The van der Waals surface area contributed by atoms with E-state index >= 15 is 0 Å². The quantitative estimate of drug-likeness (QED) is 0.0690. The van der Waals surface area contributed by atoms with Crippen LogP contribution in [0.2, 0.25) is 0 Å². The first-order valence-electron chi connectivity index (χ1n) is 10.3. The molecule has 0 amide bonds. The molecule has 1 aliphatic heterocycles. The number of aryl methyl sites for hydroxylation is 1. The first-order chi connectivity index (χ1) is 17.6. The van der Waals surface area contributed by atoms with Gasteiger partial charge in [-0.15, -0.1) is 10.1 Å². The third-order valence-electron chi connectivity index (χ3n) is 4.49. The molecule has 1 aromatic carbocycles. The Morgan fingerprint density at radius 3 is 2.31 bits per heavy atom. The highest BCUT2D eigenvalue weighted by Gasteiger charge is 2.65. The number of hydrogen-bond donors (Lipinski definition) is 0. The Balaban J connectivity index is 2.12. The molecule has 10 nitrogen and oxygen atoms in total. The highest BCUT2D eigenvalue weighted by atomic mass is 32.5. The van der Waals surface area contributed by atoms with Crippen LogP contribution in [0.15, 0.2) is 22.6 Å². The van der Waals surface area contributed by atoms with Crippen molar-refractivity contribution in [1.29, 1.82) is 0 Å². The molecule has 0 saturated heterocycles. The van der Waals surface area contributed by atoms with Gasteiger partial charge in [-0.25, -0.2) is 9.59 Å². The molecule has 0 bridgehead atoms. The summed E-state index contributed by atoms with van der Waals surface area (Å²) in [5.74, 6) is -2.33. The number of fused-ring (bicyclic) bond motifs is 1. The Kier molecular flexibility index (Phi) is 8.86. The molecule has 1 heterocycles. The van der Waals surface area contributed by atoms with Crippen LogP contribution < -0.4 is 4.74 Å². The minimum atomic E-state index is -10.2. The van der Waals surface area contributed by atoms with Gasteiger partial charge in [-0.1, -0.05) is 19.4 Å². The fraction of sp³-hybridized carbons (Fsp3) is 0.474. The standard InChI is InChI=1S/C19H19F8NO9S2/c1-10-7-13(39(23,24,25,26)27)8-12-9-14(16(19(20,21)22)37-15(10)12)17(29)35-11(2)36-18(30)33-3-5-38-6-4-34-28(31)32/h7-9,11,16H,3-6H2,1-2H3. The number of hydrogen-bond acceptors (Lipinski definition) is 10. The van der Waals surface area contributed by atoms with Gasteiger partial charge in [0.15, 0.2) is 0 Å². The van der Waals surface area contributed by atoms with Gasteiger partial charge >= 0.3 is 28.5 Å². The van der Waals surface area contributed by atoms with Crippen LogP contribution >= 0.6 is 22.0 Å². The molecule has 1 aliphatic rings. The lowest BCUT2D eigenvalue weighted by Gasteiger charge is -2.41. The van der Waals surface area contributed by atoms with E-state index in [0.717, 1.165) is 25.6 Å². The van der Waals surface area contributed by atoms with Crippen LogP contribution in [0.1, 0.15) is 18.1 Å². The first-order valence-corrected chi connectivity index (χ1v) is 13.4. The van der Waals surface area contributed by atoms with Gasteiger partial charge in [-0.2, -0.15) is 24.9 Å². The third-order valence-corrected chi connectivity index (χ3v) is 6.53. The molecule has 2 atom stereocenters. The summed E-state index contributed by atoms with van der Waals surface area (Å²) in [5, 5.41) is 8.99. The Morgan fingerprint density at radius 1 is 1.13 bits per heavy atom. The van der Waals surface area contributed by atoms with E-state index in [1.165, 1.54) is 0 Å². The number of carbonyl (C=O) groups excluding carboxylic acids is 2. The highest BCUT2D eigenvalue weighted by molar-refractivity contribution is 8.45. The van der Waals surface area contributed by atoms with Crippen molar-refractivity contribution >= 4 is 40.2 Å². The molecule has 222 valence electrons. The molecule has 1 aromatic rings. The minimum absolute atomic E-state index is 0.0641. The lowest BCUT2D eigenvalue weighted by atomic mass is 9.99. The fourth-order valence-corrected chi connectivity index (χ4v) is 4.31. The van der Waals surface area contributed by atoms with Crippen molar-refractivity contribution in [2.45, 2.75) is 37.3 Å². The summed E-state index contributed by atoms with van der Waals surface area (Å²) in [4.78, 5) is 35.7. The second-order valence-electron chi connectivity index (χ2n) is 7.63. The second-order valence-corrected chi connectivity index (χ2v) is 11.3. The summed E-state index contributed by atoms with van der Waals surface area (Å²) in [6, 6.07) is -0.214. The number of thioether (sulfide) groups is 1. The lowest BCUT2D eigenvalue weighted by Crippen LogP contribution is -2.41. The second kappa shape index (κ2) is 10.8. The molecule has 0 saturated carbocycles. The van der Waals surface area contributed by atoms with Crippen LogP contribution in [-0.4, -0.2) is 60.5 Å². The number of rotatable bonds is 11. The Bertz CT molecular complexity index is 1160. The van der Waals surface area contributed by atoms with Gasteiger partial charge in [0.1, 0.15) is 23.9 Å². The summed E-state index contributed by atoms with van der Waals surface area (Å²) >= 11 is 1.09. The Labute approximate surface area is 218 Å². The van der Waals surface area contributed by atoms with Crippen molar-refractivity contribution < 1.29 is 71.1 Å². The van der Waals surface area contributed by atoms with Gasteiger partial charge in [-0.3, -0.25) is 0 Å². The molecular weight excluding hydrogens is 602 g/mol. The van der Waals surface area contributed by atoms with Crippen molar-refractivity contribution in [3.63, 3.8) is 0 Å². The van der Waals surface area contributed by atoms with Gasteiger partial charge < -0.3 is 23.8 Å². The average molecular weight is 621 g/mol. The van der Waals surface area contributed by atoms with Gasteiger partial charge in [0.2, 0.25) is 12.4 Å². The fourth-order valence-electron chi connectivity index (χ4n) is 2.96. The van der Waals surface area contributed by atoms with Crippen molar-refractivity contribution in [2.24, 2.45) is 0 Å². The van der Waals surface area contributed by atoms with E-state index in [-0.39, 0.29) is 42.9 Å². The van der Waals surface area contributed by atoms with Crippen molar-refractivity contribution in [2.75, 3.05) is 24.7 Å². The summed E-state index contributed by atoms with van der Waals surface area (Å²) in [5.41, 5.74) is -2.98. The Morgan fingerprint density at radius 2 is 1.74 bits per heavy atom. The summed E-state index contributed by atoms with van der Waals surface area (Å²) < 4.78 is 126. The molecule has 0 radical (unpaired) electrons. The summed E-state index contributed by atoms with van der Waals surface area (Å²) in [6.45, 7) is 1.22. The predicted octanol–water partition coefficient (Wildman–Crippen LogP) is 6.34. The third kappa shape index (κ3) is 9.52. The minimum Gasteiger partial charge on any atom is -0.475 e. The monoisotopic (exact) mass is 621 g/mol. The zero-order valence-electron chi connectivity index (χ0n) is 19.7. The number of carbonyl (C=O) groups is 2. The molecule has 0 aliphatic carbocycles. The van der Waals surface area contributed by atoms with Crippen LogP contribution in [-0.2, 0) is 23.8 Å². The molecule has 39 heavy (non-hydrogen) atoms. The van der Waals surface area contributed by atoms with Gasteiger partial charge in [0.05, 0.1) is 5.57 Å². The van der Waals surface area contributed by atoms with Crippen molar-refractivity contribution in [3.8, 4) is 5.75 Å². The molecular formula is C19H19F8NO9S2. The molecule has 0 N–H and O–H groups in total. The molecule has 0 spiro atoms. The SMILES string of the molecule is Cc1cc(S(F)(F)(F)(F)F)cc2c1OC(C(F)(F)F)C(C(=O)OC(C)OC(=O)OCCSCCO[N+](=O)[O-])=C2. The van der Waals surface area contributed by atoms with E-state index in [2.05, 4.69) is 23.8 Å². The van der Waals surface area contributed by atoms with E-state index in [9.17, 15) is 52.3 Å². The maximum Gasteiger partial charge on any atom is 0.511 e. The van der Waals surface area contributed by atoms with Gasteiger partial charge in [-0.05, 0) is 30.7 Å². The summed E-state index contributed by atoms with van der Waals surface area (Å²) in [7, 11) is -10.2. The highest BCUT2D eigenvalue weighted by Crippen LogP contribution is 3.02. The largest absolute Gasteiger partial charge is 0.511 e. The van der Waals surface area contributed by atoms with Crippen LogP contribution in [0.25, 0.3) is 6.08 Å². The number of esters is 1. The maximum absolute atomic E-state index is 13.6. The van der Waals surface area contributed by atoms with Crippen molar-refractivity contribution in [1.82, 2.24) is 0 Å². The van der Waals surface area contributed by atoms with Crippen LogP contribution in [0, 0.1) is 17.0 Å². The average Bonchev–Trinajstić information content (AvgIpc) is 2.75. The Hall–Kier alpha value is -3.16. The first kappa shape index (κ1) is 32.1. The maximum atomic E-state index is 13.6. The molecule has 0 aromatic heterocycles. The number of benzene rings is 1. The van der Waals surface area contributed by atoms with Crippen LogP contribution in [0.4, 0.5) is 37.4 Å². The molecule has 2 rings (SSSR count). The van der Waals surface area contributed by atoms with Crippen molar-refractivity contribution in [3.05, 3.63) is 38.9 Å². The molecule has 2 unspecified atom stereocenters. The van der Waals surface area contributed by atoms with E-state index in [1.807, 2.05) is 0 Å². The topological polar surface area (TPSA) is 123 Å². The number of alkyl halides is 3. The lowest BCUT2D eigenvalue weighted by molar-refractivity contribution is -0.756. The van der Waals surface area contributed by atoms with E-state index in [4.69, 9.17) is 0 Å². The normalized spacial score (nSPS) is 17.8. The number of ether oxygens (including phenoxy) is 4. The molecule has 20 heteroatoms. The smallest absolute Gasteiger partial charge is 0.475 e. The zero-order valence-corrected chi connectivity index (χ0v) is 21.3.